The van der Waals surface area contributed by atoms with E-state index in [-0.39, 0.29) is 11.5 Å². The van der Waals surface area contributed by atoms with E-state index in [1.165, 1.54) is 7.11 Å². The lowest BCUT2D eigenvalue weighted by Gasteiger charge is -2.14. The Hall–Kier alpha value is -2.69. The number of halogens is 4. The van der Waals surface area contributed by atoms with Crippen molar-refractivity contribution in [3.05, 3.63) is 90.2 Å². The maximum absolute atomic E-state index is 12.9. The number of carbonyl (C=O) groups excluding carboxylic acids is 3. The number of nitrogens with one attached hydrogen (secondary N) is 1. The van der Waals surface area contributed by atoms with Gasteiger partial charge in [-0.25, -0.2) is 0 Å². The van der Waals surface area contributed by atoms with E-state index in [0.29, 0.717) is 42.3 Å². The van der Waals surface area contributed by atoms with Gasteiger partial charge in [-0.05, 0) is 59.8 Å². The number of nitrogens with zero attached hydrogens (tertiary/aromatic N) is 1. The van der Waals surface area contributed by atoms with E-state index in [4.69, 9.17) is 44.3 Å². The Balaban J connectivity index is 1.48. The van der Waals surface area contributed by atoms with E-state index < -0.39 is 23.6 Å². The molecule has 0 unspecified atom stereocenters. The molecule has 0 radical (unpaired) electrons. The van der Waals surface area contributed by atoms with Crippen LogP contribution in [0.15, 0.2) is 64.0 Å². The highest BCUT2D eigenvalue weighted by Crippen LogP contribution is 2.38. The van der Waals surface area contributed by atoms with Crippen LogP contribution in [0.25, 0.3) is 6.08 Å². The lowest BCUT2D eigenvalue weighted by Crippen LogP contribution is -2.36. The largest absolute Gasteiger partial charge is 0.493 e. The first-order valence-corrected chi connectivity index (χ1v) is 13.6. The van der Waals surface area contributed by atoms with E-state index in [9.17, 15) is 14.4 Å². The summed E-state index contributed by atoms with van der Waals surface area (Å²) in [4.78, 5) is 38.9. The molecule has 0 aromatic heterocycles. The molecule has 3 amide bonds. The summed E-state index contributed by atoms with van der Waals surface area (Å²) in [5, 5.41) is 3.39. The van der Waals surface area contributed by atoms with Crippen LogP contribution >= 0.6 is 62.5 Å². The third-order valence-corrected chi connectivity index (χ3v) is 7.80. The predicted octanol–water partition coefficient (Wildman–Crippen LogP) is 7.67. The van der Waals surface area contributed by atoms with Crippen molar-refractivity contribution >= 4 is 91.3 Å². The Morgan fingerprint density at radius 1 is 1.05 bits per heavy atom. The second kappa shape index (κ2) is 12.4. The number of hydrogen-bond acceptors (Lipinski definition) is 6. The van der Waals surface area contributed by atoms with E-state index >= 15 is 0 Å². The van der Waals surface area contributed by atoms with Gasteiger partial charge in [0, 0.05) is 20.1 Å². The molecular formula is C26H18BrCl3N2O5S. The number of methoxy groups -OCH3 is 1. The van der Waals surface area contributed by atoms with Crippen molar-refractivity contribution in [1.29, 1.82) is 0 Å². The van der Waals surface area contributed by atoms with Crippen molar-refractivity contribution in [2.75, 3.05) is 19.0 Å². The number of carbonyl (C=O) groups is 3. The van der Waals surface area contributed by atoms with Gasteiger partial charge in [0.1, 0.15) is 13.2 Å². The summed E-state index contributed by atoms with van der Waals surface area (Å²) >= 11 is 22.5. The Morgan fingerprint density at radius 2 is 1.82 bits per heavy atom. The fraction of sp³-hybridized carbons (Fsp3) is 0.115. The molecule has 1 N–H and O–H groups in total. The molecule has 3 aromatic carbocycles. The highest BCUT2D eigenvalue weighted by atomic mass is 79.9. The zero-order chi connectivity index (χ0) is 27.4. The predicted molar refractivity (Wildman–Crippen MR) is 154 cm³/mol. The highest BCUT2D eigenvalue weighted by molar-refractivity contribution is 9.10. The molecule has 3 aromatic rings. The first kappa shape index (κ1) is 28.3. The van der Waals surface area contributed by atoms with Crippen molar-refractivity contribution in [3.63, 3.8) is 0 Å². The first-order valence-electron chi connectivity index (χ1n) is 10.9. The molecule has 12 heteroatoms. The molecule has 0 saturated carbocycles. The van der Waals surface area contributed by atoms with Gasteiger partial charge in [0.15, 0.2) is 11.5 Å². The average Bonchev–Trinajstić information content (AvgIpc) is 3.13. The van der Waals surface area contributed by atoms with E-state index in [2.05, 4.69) is 21.2 Å². The Kier molecular flexibility index (Phi) is 9.27. The van der Waals surface area contributed by atoms with Crippen LogP contribution in [0, 0.1) is 0 Å². The summed E-state index contributed by atoms with van der Waals surface area (Å²) in [6, 6.07) is 15.1. The quantitative estimate of drug-likeness (QED) is 0.251. The summed E-state index contributed by atoms with van der Waals surface area (Å²) in [7, 11) is 1.49. The van der Waals surface area contributed by atoms with E-state index in [0.717, 1.165) is 22.2 Å². The van der Waals surface area contributed by atoms with Crippen LogP contribution in [0.2, 0.25) is 15.1 Å². The number of rotatable bonds is 8. The Labute approximate surface area is 246 Å². The molecule has 1 heterocycles. The van der Waals surface area contributed by atoms with Crippen LogP contribution in [0.1, 0.15) is 11.1 Å². The van der Waals surface area contributed by atoms with Crippen LogP contribution < -0.4 is 14.8 Å². The second-order valence-electron chi connectivity index (χ2n) is 7.84. The fourth-order valence-corrected chi connectivity index (χ4v) is 5.31. The maximum atomic E-state index is 12.9. The summed E-state index contributed by atoms with van der Waals surface area (Å²) < 4.78 is 12.0. The molecule has 1 saturated heterocycles. The Morgan fingerprint density at radius 3 is 2.53 bits per heavy atom. The summed E-state index contributed by atoms with van der Waals surface area (Å²) in [5.41, 5.74) is 1.70. The maximum Gasteiger partial charge on any atom is 0.294 e. The van der Waals surface area contributed by atoms with E-state index in [1.807, 2.05) is 0 Å². The highest BCUT2D eigenvalue weighted by Gasteiger charge is 2.36. The molecule has 4 rings (SSSR count). The van der Waals surface area contributed by atoms with Crippen LogP contribution in [0.3, 0.4) is 0 Å². The molecule has 1 aliphatic rings. The van der Waals surface area contributed by atoms with Gasteiger partial charge < -0.3 is 14.8 Å². The molecule has 0 atom stereocenters. The number of imide groups is 1. The van der Waals surface area contributed by atoms with Gasteiger partial charge in [-0.2, -0.15) is 0 Å². The number of amides is 3. The molecule has 0 bridgehead atoms. The number of ether oxygens (including phenoxy) is 2. The van der Waals surface area contributed by atoms with Crippen LogP contribution in [-0.2, 0) is 16.2 Å². The topological polar surface area (TPSA) is 84.9 Å². The fourth-order valence-electron chi connectivity index (χ4n) is 3.40. The SMILES string of the molecule is COc1cc(/C=C2/SC(=O)N(CC(=O)Nc3ccccc3Cl)C2=O)c(Br)cc1OCc1ccc(Cl)cc1Cl. The van der Waals surface area contributed by atoms with Gasteiger partial charge >= 0.3 is 0 Å². The van der Waals surface area contributed by atoms with Crippen LogP contribution in [0.5, 0.6) is 11.5 Å². The Bertz CT molecular complexity index is 1470. The average molecular weight is 657 g/mol. The first-order chi connectivity index (χ1) is 18.2. The van der Waals surface area contributed by atoms with Crippen molar-refractivity contribution < 1.29 is 23.9 Å². The van der Waals surface area contributed by atoms with Gasteiger partial charge in [0.25, 0.3) is 11.1 Å². The monoisotopic (exact) mass is 654 g/mol. The molecule has 7 nitrogen and oxygen atoms in total. The second-order valence-corrected chi connectivity index (χ2v) is 10.9. The molecule has 1 fully saturated rings. The molecule has 38 heavy (non-hydrogen) atoms. The summed E-state index contributed by atoms with van der Waals surface area (Å²) in [5.74, 6) is -0.292. The third kappa shape index (κ3) is 6.65. The van der Waals surface area contributed by atoms with Gasteiger partial charge in [0.2, 0.25) is 5.91 Å². The summed E-state index contributed by atoms with van der Waals surface area (Å²) in [6.07, 6.45) is 1.54. The lowest BCUT2D eigenvalue weighted by atomic mass is 10.1. The number of para-hydroxylation sites is 1. The van der Waals surface area contributed by atoms with Crippen LogP contribution in [-0.4, -0.2) is 35.6 Å². The minimum absolute atomic E-state index is 0.157. The molecular weight excluding hydrogens is 639 g/mol. The van der Waals surface area contributed by atoms with Crippen molar-refractivity contribution in [2.24, 2.45) is 0 Å². The van der Waals surface area contributed by atoms with E-state index in [1.54, 1.807) is 60.7 Å². The standard InChI is InChI=1S/C26H18BrCl3N2O5S/c1-36-21-8-15(17(27)11-22(21)37-13-14-6-7-16(28)10-19(14)30)9-23-25(34)32(26(35)38-23)12-24(33)31-20-5-3-2-4-18(20)29/h2-11H,12-13H2,1H3,(H,31,33)/b23-9+. The van der Waals surface area contributed by atoms with Crippen molar-refractivity contribution in [1.82, 2.24) is 4.90 Å². The third-order valence-electron chi connectivity index (χ3n) is 5.29. The zero-order valence-corrected chi connectivity index (χ0v) is 24.3. The zero-order valence-electron chi connectivity index (χ0n) is 19.6. The van der Waals surface area contributed by atoms with Crippen LogP contribution in [0.4, 0.5) is 10.5 Å². The molecule has 0 spiro atoms. The number of anilines is 1. The van der Waals surface area contributed by atoms with Crippen molar-refractivity contribution in [3.8, 4) is 11.5 Å². The van der Waals surface area contributed by atoms with Gasteiger partial charge in [-0.3, -0.25) is 19.3 Å². The number of benzene rings is 3. The molecule has 1 aliphatic heterocycles. The number of hydrogen-bond donors (Lipinski definition) is 1. The van der Waals surface area contributed by atoms with Crippen molar-refractivity contribution in [2.45, 2.75) is 6.61 Å². The minimum atomic E-state index is -0.585. The number of thioether (sulfide) groups is 1. The van der Waals surface area contributed by atoms with Gasteiger partial charge in [-0.15, -0.1) is 0 Å². The van der Waals surface area contributed by atoms with Gasteiger partial charge in [0.05, 0.1) is 22.7 Å². The summed E-state index contributed by atoms with van der Waals surface area (Å²) in [6.45, 7) is -0.273. The molecule has 196 valence electrons. The lowest BCUT2D eigenvalue weighted by molar-refractivity contribution is -0.127. The normalized spacial score (nSPS) is 14.2. The van der Waals surface area contributed by atoms with Gasteiger partial charge in [-0.1, -0.05) is 68.9 Å². The molecule has 0 aliphatic carbocycles. The smallest absolute Gasteiger partial charge is 0.294 e. The minimum Gasteiger partial charge on any atom is -0.493 e.